The molecule has 0 saturated carbocycles. The van der Waals surface area contributed by atoms with E-state index in [1.54, 1.807) is 11.8 Å². The Morgan fingerprint density at radius 2 is 2.22 bits per heavy atom. The zero-order chi connectivity index (χ0) is 13.4. The maximum atomic E-state index is 11.8. The van der Waals surface area contributed by atoms with Crippen LogP contribution >= 0.6 is 11.8 Å². The van der Waals surface area contributed by atoms with Crippen molar-refractivity contribution in [3.63, 3.8) is 0 Å². The summed E-state index contributed by atoms with van der Waals surface area (Å²) in [6.45, 7) is 0.901. The lowest BCUT2D eigenvalue weighted by Gasteiger charge is -2.15. The van der Waals surface area contributed by atoms with Crippen molar-refractivity contribution in [2.45, 2.75) is 11.3 Å². The summed E-state index contributed by atoms with van der Waals surface area (Å²) >= 11 is 1.60. The molecule has 1 rings (SSSR count). The molecule has 18 heavy (non-hydrogen) atoms. The number of benzene rings is 1. The van der Waals surface area contributed by atoms with Crippen molar-refractivity contribution in [1.82, 2.24) is 4.90 Å². The molecule has 0 aliphatic heterocycles. The van der Waals surface area contributed by atoms with Gasteiger partial charge in [0.2, 0.25) is 5.91 Å². The quantitative estimate of drug-likeness (QED) is 0.799. The van der Waals surface area contributed by atoms with E-state index in [1.807, 2.05) is 42.5 Å². The van der Waals surface area contributed by atoms with Crippen LogP contribution in [0, 0.1) is 11.3 Å². The first kappa shape index (κ1) is 14.6. The zero-order valence-electron chi connectivity index (χ0n) is 10.6. The van der Waals surface area contributed by atoms with Crippen molar-refractivity contribution in [2.24, 2.45) is 0 Å². The van der Waals surface area contributed by atoms with Crippen LogP contribution in [0.5, 0.6) is 0 Å². The number of nitrogens with one attached hydrogen (secondary N) is 1. The molecule has 0 aliphatic carbocycles. The highest BCUT2D eigenvalue weighted by molar-refractivity contribution is 7.98. The monoisotopic (exact) mass is 263 g/mol. The number of nitrogens with zero attached hydrogens (tertiary/aromatic N) is 2. The molecule has 0 unspecified atom stereocenters. The Hall–Kier alpha value is -1.51. The maximum absolute atomic E-state index is 11.8. The third-order valence-electron chi connectivity index (χ3n) is 2.40. The third-order valence-corrected chi connectivity index (χ3v) is 3.20. The molecule has 0 saturated heterocycles. The molecule has 0 fully saturated rings. The predicted molar refractivity (Wildman–Crippen MR) is 74.6 cm³/mol. The van der Waals surface area contributed by atoms with Crippen LogP contribution in [-0.4, -0.2) is 37.2 Å². The lowest BCUT2D eigenvalue weighted by Crippen LogP contribution is -2.30. The first-order chi connectivity index (χ1) is 8.67. The molecule has 1 aromatic carbocycles. The summed E-state index contributed by atoms with van der Waals surface area (Å²) in [7, 11) is 1.83. The maximum Gasteiger partial charge on any atom is 0.238 e. The van der Waals surface area contributed by atoms with E-state index < -0.39 is 0 Å². The largest absolute Gasteiger partial charge is 0.324 e. The van der Waals surface area contributed by atoms with Gasteiger partial charge in [-0.25, -0.2) is 0 Å². The number of anilines is 1. The number of thioether (sulfide) groups is 1. The number of carbonyl (C=O) groups excluding carboxylic acids is 1. The molecule has 0 spiro atoms. The Morgan fingerprint density at radius 3 is 2.89 bits per heavy atom. The number of nitriles is 1. The van der Waals surface area contributed by atoms with Crippen LogP contribution in [0.1, 0.15) is 6.42 Å². The molecule has 1 amide bonds. The second kappa shape index (κ2) is 7.75. The average Bonchev–Trinajstić information content (AvgIpc) is 2.36. The van der Waals surface area contributed by atoms with E-state index in [0.717, 1.165) is 10.6 Å². The number of hydrogen-bond donors (Lipinski definition) is 1. The van der Waals surface area contributed by atoms with Crippen molar-refractivity contribution < 1.29 is 4.79 Å². The number of para-hydroxylation sites is 1. The van der Waals surface area contributed by atoms with Crippen molar-refractivity contribution in [1.29, 1.82) is 5.26 Å². The van der Waals surface area contributed by atoms with Crippen molar-refractivity contribution >= 4 is 23.4 Å². The first-order valence-electron chi connectivity index (χ1n) is 5.65. The highest BCUT2D eigenvalue weighted by Gasteiger charge is 2.08. The fourth-order valence-corrected chi connectivity index (χ4v) is 2.06. The van der Waals surface area contributed by atoms with Crippen molar-refractivity contribution in [2.75, 3.05) is 31.7 Å². The molecule has 0 heterocycles. The van der Waals surface area contributed by atoms with E-state index in [2.05, 4.69) is 11.4 Å². The topological polar surface area (TPSA) is 56.1 Å². The Labute approximate surface area is 112 Å². The standard InChI is InChI=1S/C13H17N3OS/c1-16(9-5-8-14)10-13(17)15-11-6-3-4-7-12(11)18-2/h3-4,6-7H,5,9-10H2,1-2H3,(H,15,17). The summed E-state index contributed by atoms with van der Waals surface area (Å²) in [5.41, 5.74) is 0.837. The van der Waals surface area contributed by atoms with E-state index in [9.17, 15) is 4.79 Å². The highest BCUT2D eigenvalue weighted by Crippen LogP contribution is 2.24. The fraction of sp³-hybridized carbons (Fsp3) is 0.385. The van der Waals surface area contributed by atoms with Gasteiger partial charge in [-0.15, -0.1) is 11.8 Å². The van der Waals surface area contributed by atoms with E-state index in [-0.39, 0.29) is 5.91 Å². The van der Waals surface area contributed by atoms with Gasteiger partial charge in [0.15, 0.2) is 0 Å². The molecular weight excluding hydrogens is 246 g/mol. The molecule has 1 N–H and O–H groups in total. The molecule has 0 aromatic heterocycles. The van der Waals surface area contributed by atoms with Gasteiger partial charge in [0, 0.05) is 17.9 Å². The molecule has 96 valence electrons. The lowest BCUT2D eigenvalue weighted by atomic mass is 10.3. The lowest BCUT2D eigenvalue weighted by molar-refractivity contribution is -0.117. The van der Waals surface area contributed by atoms with E-state index in [4.69, 9.17) is 5.26 Å². The smallest absolute Gasteiger partial charge is 0.238 e. The van der Waals surface area contributed by atoms with Crippen LogP contribution in [0.3, 0.4) is 0 Å². The molecule has 5 heteroatoms. The van der Waals surface area contributed by atoms with Gasteiger partial charge >= 0.3 is 0 Å². The SMILES string of the molecule is CSc1ccccc1NC(=O)CN(C)CCC#N. The van der Waals surface area contributed by atoms with E-state index >= 15 is 0 Å². The van der Waals surface area contributed by atoms with Gasteiger partial charge in [-0.2, -0.15) is 5.26 Å². The van der Waals surface area contributed by atoms with E-state index in [0.29, 0.717) is 19.5 Å². The molecule has 0 bridgehead atoms. The molecule has 0 radical (unpaired) electrons. The summed E-state index contributed by atoms with van der Waals surface area (Å²) in [5, 5.41) is 11.4. The van der Waals surface area contributed by atoms with Gasteiger partial charge in [-0.3, -0.25) is 9.69 Å². The summed E-state index contributed by atoms with van der Waals surface area (Å²) in [5.74, 6) is -0.0584. The molecule has 0 atom stereocenters. The minimum atomic E-state index is -0.0584. The average molecular weight is 263 g/mol. The second-order valence-corrected chi connectivity index (χ2v) is 4.74. The van der Waals surface area contributed by atoms with Gasteiger partial charge < -0.3 is 5.32 Å². The second-order valence-electron chi connectivity index (χ2n) is 3.89. The number of amides is 1. The molecule has 1 aromatic rings. The minimum absolute atomic E-state index is 0.0584. The van der Waals surface area contributed by atoms with Crippen LogP contribution in [0.4, 0.5) is 5.69 Å². The molecular formula is C13H17N3OS. The van der Waals surface area contributed by atoms with E-state index in [1.165, 1.54) is 0 Å². The van der Waals surface area contributed by atoms with Crippen LogP contribution in [-0.2, 0) is 4.79 Å². The van der Waals surface area contributed by atoms with Crippen LogP contribution in [0.15, 0.2) is 29.2 Å². The van der Waals surface area contributed by atoms with Crippen LogP contribution in [0.25, 0.3) is 0 Å². The summed E-state index contributed by atoms with van der Waals surface area (Å²) in [4.78, 5) is 14.7. The minimum Gasteiger partial charge on any atom is -0.324 e. The summed E-state index contributed by atoms with van der Waals surface area (Å²) in [6, 6.07) is 9.77. The number of carbonyl (C=O) groups is 1. The predicted octanol–water partition coefficient (Wildman–Crippen LogP) is 2.19. The Morgan fingerprint density at radius 1 is 1.50 bits per heavy atom. The molecule has 4 nitrogen and oxygen atoms in total. The van der Waals surface area contributed by atoms with Gasteiger partial charge in [0.1, 0.15) is 0 Å². The number of rotatable bonds is 6. The first-order valence-corrected chi connectivity index (χ1v) is 6.88. The van der Waals surface area contributed by atoms with Crippen LogP contribution in [0.2, 0.25) is 0 Å². The summed E-state index contributed by atoms with van der Waals surface area (Å²) < 4.78 is 0. The number of hydrogen-bond acceptors (Lipinski definition) is 4. The molecule has 0 aliphatic rings. The van der Waals surface area contributed by atoms with Gasteiger partial charge in [-0.1, -0.05) is 12.1 Å². The normalized spacial score (nSPS) is 10.1. The van der Waals surface area contributed by atoms with Crippen molar-refractivity contribution in [3.05, 3.63) is 24.3 Å². The van der Waals surface area contributed by atoms with Gasteiger partial charge in [-0.05, 0) is 25.4 Å². The Balaban J connectivity index is 2.52. The zero-order valence-corrected chi connectivity index (χ0v) is 11.5. The third kappa shape index (κ3) is 4.78. The van der Waals surface area contributed by atoms with Gasteiger partial charge in [0.25, 0.3) is 0 Å². The fourth-order valence-electron chi connectivity index (χ4n) is 1.50. The Bertz CT molecular complexity index is 442. The highest BCUT2D eigenvalue weighted by atomic mass is 32.2. The summed E-state index contributed by atoms with van der Waals surface area (Å²) in [6.07, 6.45) is 2.41. The number of likely N-dealkylation sites (N-methyl/N-ethyl adjacent to an activating group) is 1. The van der Waals surface area contributed by atoms with Crippen molar-refractivity contribution in [3.8, 4) is 6.07 Å². The van der Waals surface area contributed by atoms with Crippen LogP contribution < -0.4 is 5.32 Å². The Kier molecular flexibility index (Phi) is 6.26. The van der Waals surface area contributed by atoms with Gasteiger partial charge in [0.05, 0.1) is 18.3 Å².